The molecule has 2 aliphatic heterocycles. The van der Waals surface area contributed by atoms with Gasteiger partial charge in [-0.2, -0.15) is 5.10 Å². The average molecular weight is 329 g/mol. The van der Waals surface area contributed by atoms with Gasteiger partial charge in [-0.3, -0.25) is 4.79 Å². The number of halogens is 1. The minimum absolute atomic E-state index is 0.190. The Morgan fingerprint density at radius 3 is 2.50 bits per heavy atom. The van der Waals surface area contributed by atoms with Crippen molar-refractivity contribution < 1.29 is 9.50 Å². The molecule has 2 bridgehead atoms. The predicted molar refractivity (Wildman–Crippen MR) is 88.0 cm³/mol. The van der Waals surface area contributed by atoms with Gasteiger partial charge in [-0.25, -0.2) is 9.07 Å². The first-order chi connectivity index (χ1) is 11.5. The Bertz CT molecular complexity index is 791. The number of nitrogens with zero attached hydrogens (tertiary/aromatic N) is 2. The fourth-order valence-electron chi connectivity index (χ4n) is 3.97. The highest BCUT2D eigenvalue weighted by Crippen LogP contribution is 2.34. The zero-order chi connectivity index (χ0) is 16.7. The van der Waals surface area contributed by atoms with E-state index in [0.29, 0.717) is 30.6 Å². The second kappa shape index (κ2) is 5.79. The molecular weight excluding hydrogens is 309 g/mol. The summed E-state index contributed by atoms with van der Waals surface area (Å²) in [4.78, 5) is 12.2. The standard InChI is InChI=1S/C18H20FN3O2/c19-13-3-1-12(2-4-13)16-7-8-17(23)22(21-16)11-18(24)9-14-5-6-15(10-18)20-14/h1-4,7-8,14-15,20,24H,5-6,9-11H2/t14-,15-/m1/s1. The Kier molecular flexibility index (Phi) is 3.73. The number of piperidine rings is 1. The van der Waals surface area contributed by atoms with Gasteiger partial charge in [0.25, 0.3) is 5.56 Å². The highest BCUT2D eigenvalue weighted by atomic mass is 19.1. The third kappa shape index (κ3) is 2.99. The van der Waals surface area contributed by atoms with Crippen LogP contribution in [0, 0.1) is 5.82 Å². The van der Waals surface area contributed by atoms with Crippen molar-refractivity contribution >= 4 is 0 Å². The molecule has 2 fully saturated rings. The van der Waals surface area contributed by atoms with Crippen molar-refractivity contribution in [2.24, 2.45) is 0 Å². The van der Waals surface area contributed by atoms with E-state index in [1.54, 1.807) is 18.2 Å². The lowest BCUT2D eigenvalue weighted by Gasteiger charge is -2.37. The minimum Gasteiger partial charge on any atom is -0.388 e. The van der Waals surface area contributed by atoms with Crippen molar-refractivity contribution in [1.29, 1.82) is 0 Å². The van der Waals surface area contributed by atoms with E-state index in [-0.39, 0.29) is 17.9 Å². The molecule has 5 nitrogen and oxygen atoms in total. The Morgan fingerprint density at radius 2 is 1.83 bits per heavy atom. The minimum atomic E-state index is -0.907. The van der Waals surface area contributed by atoms with Crippen molar-refractivity contribution in [2.75, 3.05) is 0 Å². The number of hydrogen-bond acceptors (Lipinski definition) is 4. The first kappa shape index (κ1) is 15.5. The molecule has 24 heavy (non-hydrogen) atoms. The van der Waals surface area contributed by atoms with Gasteiger partial charge in [-0.05, 0) is 56.0 Å². The third-order valence-electron chi connectivity index (χ3n) is 5.04. The first-order valence-corrected chi connectivity index (χ1v) is 8.33. The molecule has 0 amide bonds. The molecule has 2 aliphatic rings. The van der Waals surface area contributed by atoms with Gasteiger partial charge in [0, 0.05) is 23.7 Å². The highest BCUT2D eigenvalue weighted by Gasteiger charge is 2.42. The summed E-state index contributed by atoms with van der Waals surface area (Å²) in [6, 6.07) is 9.72. The zero-order valence-electron chi connectivity index (χ0n) is 13.3. The lowest BCUT2D eigenvalue weighted by Crippen LogP contribution is -2.51. The smallest absolute Gasteiger partial charge is 0.266 e. The molecule has 0 radical (unpaired) electrons. The largest absolute Gasteiger partial charge is 0.388 e. The quantitative estimate of drug-likeness (QED) is 0.899. The topological polar surface area (TPSA) is 67.2 Å². The molecule has 3 heterocycles. The lowest BCUT2D eigenvalue weighted by molar-refractivity contribution is -0.0249. The zero-order valence-corrected chi connectivity index (χ0v) is 13.3. The van der Waals surface area contributed by atoms with Crippen molar-refractivity contribution in [3.63, 3.8) is 0 Å². The number of benzene rings is 1. The van der Waals surface area contributed by atoms with E-state index in [4.69, 9.17) is 0 Å². The summed E-state index contributed by atoms with van der Waals surface area (Å²) >= 11 is 0. The molecule has 2 saturated heterocycles. The maximum absolute atomic E-state index is 13.1. The van der Waals surface area contributed by atoms with Gasteiger partial charge in [0.1, 0.15) is 5.82 Å². The summed E-state index contributed by atoms with van der Waals surface area (Å²) in [6.45, 7) is 0.190. The summed E-state index contributed by atoms with van der Waals surface area (Å²) in [7, 11) is 0. The molecule has 2 atom stereocenters. The van der Waals surface area contributed by atoms with Crippen molar-refractivity contribution in [3.05, 3.63) is 52.6 Å². The van der Waals surface area contributed by atoms with Crippen LogP contribution in [0.15, 0.2) is 41.2 Å². The summed E-state index contributed by atoms with van der Waals surface area (Å²) in [6.07, 6.45) is 3.42. The van der Waals surface area contributed by atoms with E-state index < -0.39 is 5.60 Å². The lowest BCUT2D eigenvalue weighted by atomic mass is 9.87. The summed E-state index contributed by atoms with van der Waals surface area (Å²) in [5, 5.41) is 18.8. The van der Waals surface area contributed by atoms with Crippen molar-refractivity contribution in [2.45, 2.75) is 49.9 Å². The number of nitrogens with one attached hydrogen (secondary N) is 1. The van der Waals surface area contributed by atoms with Crippen molar-refractivity contribution in [1.82, 2.24) is 15.1 Å². The van der Waals surface area contributed by atoms with Crippen LogP contribution < -0.4 is 10.9 Å². The molecule has 0 spiro atoms. The maximum atomic E-state index is 13.1. The summed E-state index contributed by atoms with van der Waals surface area (Å²) < 4.78 is 14.4. The predicted octanol–water partition coefficient (Wildman–Crippen LogP) is 1.69. The number of hydrogen-bond donors (Lipinski definition) is 2. The van der Waals surface area contributed by atoms with E-state index >= 15 is 0 Å². The monoisotopic (exact) mass is 329 g/mol. The highest BCUT2D eigenvalue weighted by molar-refractivity contribution is 5.57. The van der Waals surface area contributed by atoms with Gasteiger partial charge in [0.15, 0.2) is 0 Å². The number of fused-ring (bicyclic) bond motifs is 2. The van der Waals surface area contributed by atoms with Gasteiger partial charge < -0.3 is 10.4 Å². The first-order valence-electron chi connectivity index (χ1n) is 8.33. The Labute approximate surface area is 139 Å². The molecule has 6 heteroatoms. The molecule has 0 saturated carbocycles. The average Bonchev–Trinajstić information content (AvgIpc) is 2.90. The fourth-order valence-corrected chi connectivity index (χ4v) is 3.97. The molecule has 2 aromatic rings. The van der Waals surface area contributed by atoms with Gasteiger partial charge in [-0.1, -0.05) is 0 Å². The molecule has 0 unspecified atom stereocenters. The maximum Gasteiger partial charge on any atom is 0.266 e. The van der Waals surface area contributed by atoms with Crippen LogP contribution in [0.3, 0.4) is 0 Å². The van der Waals surface area contributed by atoms with Gasteiger partial charge in [-0.15, -0.1) is 0 Å². The van der Waals surface area contributed by atoms with E-state index in [1.165, 1.54) is 22.9 Å². The third-order valence-corrected chi connectivity index (χ3v) is 5.04. The van der Waals surface area contributed by atoms with E-state index in [0.717, 1.165) is 18.4 Å². The van der Waals surface area contributed by atoms with Crippen LogP contribution in [0.1, 0.15) is 25.7 Å². The van der Waals surface area contributed by atoms with Gasteiger partial charge >= 0.3 is 0 Å². The Hall–Kier alpha value is -2.05. The Morgan fingerprint density at radius 1 is 1.17 bits per heavy atom. The van der Waals surface area contributed by atoms with Crippen LogP contribution >= 0.6 is 0 Å². The molecule has 0 aliphatic carbocycles. The second-order valence-corrected chi connectivity index (χ2v) is 6.99. The number of aliphatic hydroxyl groups is 1. The van der Waals surface area contributed by atoms with Crippen LogP contribution in [-0.4, -0.2) is 32.6 Å². The molecular formula is C18H20FN3O2. The molecule has 126 valence electrons. The summed E-state index contributed by atoms with van der Waals surface area (Å²) in [5.74, 6) is -0.313. The van der Waals surface area contributed by atoms with Crippen molar-refractivity contribution in [3.8, 4) is 11.3 Å². The second-order valence-electron chi connectivity index (χ2n) is 6.99. The number of aromatic nitrogens is 2. The Balaban J connectivity index is 1.62. The van der Waals surface area contributed by atoms with E-state index in [9.17, 15) is 14.3 Å². The molecule has 2 N–H and O–H groups in total. The van der Waals surface area contributed by atoms with Crippen LogP contribution in [-0.2, 0) is 6.54 Å². The van der Waals surface area contributed by atoms with Crippen LogP contribution in [0.4, 0.5) is 4.39 Å². The van der Waals surface area contributed by atoms with Gasteiger partial charge in [0.05, 0.1) is 17.8 Å². The molecule has 1 aromatic heterocycles. The van der Waals surface area contributed by atoms with Gasteiger partial charge in [0.2, 0.25) is 0 Å². The fraction of sp³-hybridized carbons (Fsp3) is 0.444. The number of rotatable bonds is 3. The summed E-state index contributed by atoms with van der Waals surface area (Å²) in [5.41, 5.74) is 0.188. The molecule has 4 rings (SSSR count). The SMILES string of the molecule is O=c1ccc(-c2ccc(F)cc2)nn1CC1(O)C[C@H]2CC[C@H](C1)N2. The van der Waals surface area contributed by atoms with Crippen LogP contribution in [0.5, 0.6) is 0 Å². The molecule has 1 aromatic carbocycles. The van der Waals surface area contributed by atoms with Crippen LogP contribution in [0.25, 0.3) is 11.3 Å². The van der Waals surface area contributed by atoms with E-state index in [2.05, 4.69) is 10.4 Å². The normalized spacial score (nSPS) is 28.9. The van der Waals surface area contributed by atoms with E-state index in [1.807, 2.05) is 0 Å². The van der Waals surface area contributed by atoms with Crippen LogP contribution in [0.2, 0.25) is 0 Å².